The van der Waals surface area contributed by atoms with Gasteiger partial charge in [-0.05, 0) is 23.2 Å². The van der Waals surface area contributed by atoms with E-state index in [1.807, 2.05) is 20.8 Å². The standard InChI is InChI=1S/C14H14ClFN2OS/c1-14(2,3)13-12(20-18-17-13)10(19)7-8-5-4-6-9(15)11(8)16/h4-6H,7H2,1-3H3. The number of hydrogen-bond donors (Lipinski definition) is 0. The molecule has 0 saturated heterocycles. The van der Waals surface area contributed by atoms with Gasteiger partial charge in [0, 0.05) is 11.8 Å². The zero-order valence-corrected chi connectivity index (χ0v) is 13.0. The topological polar surface area (TPSA) is 42.9 Å². The zero-order chi connectivity index (χ0) is 14.9. The number of halogens is 2. The molecule has 0 aliphatic carbocycles. The summed E-state index contributed by atoms with van der Waals surface area (Å²) in [7, 11) is 0. The lowest BCUT2D eigenvalue weighted by Crippen LogP contribution is -2.17. The van der Waals surface area contributed by atoms with Gasteiger partial charge in [0.2, 0.25) is 0 Å². The molecule has 0 unspecified atom stereocenters. The van der Waals surface area contributed by atoms with Gasteiger partial charge < -0.3 is 0 Å². The summed E-state index contributed by atoms with van der Waals surface area (Å²) in [6.45, 7) is 5.88. The smallest absolute Gasteiger partial charge is 0.180 e. The molecule has 0 amide bonds. The fraction of sp³-hybridized carbons (Fsp3) is 0.357. The maximum atomic E-state index is 13.8. The molecule has 1 heterocycles. The summed E-state index contributed by atoms with van der Waals surface area (Å²) in [4.78, 5) is 12.8. The second-order valence-corrected chi connectivity index (χ2v) is 6.67. The van der Waals surface area contributed by atoms with Crippen LogP contribution in [0.15, 0.2) is 18.2 Å². The molecule has 0 saturated carbocycles. The molecule has 1 aromatic carbocycles. The van der Waals surface area contributed by atoms with Crippen LogP contribution in [-0.4, -0.2) is 15.4 Å². The molecule has 1 aromatic heterocycles. The van der Waals surface area contributed by atoms with Gasteiger partial charge in [-0.3, -0.25) is 4.79 Å². The number of benzene rings is 1. The molecule has 6 heteroatoms. The first kappa shape index (κ1) is 15.1. The minimum atomic E-state index is -0.544. The summed E-state index contributed by atoms with van der Waals surface area (Å²) in [6.07, 6.45) is -0.0423. The van der Waals surface area contributed by atoms with Gasteiger partial charge in [0.05, 0.1) is 10.7 Å². The number of nitrogens with zero attached hydrogens (tertiary/aromatic N) is 2. The molecule has 106 valence electrons. The number of carbonyl (C=O) groups excluding carboxylic acids is 1. The Balaban J connectivity index is 2.30. The van der Waals surface area contributed by atoms with Crippen molar-refractivity contribution >= 4 is 28.9 Å². The summed E-state index contributed by atoms with van der Waals surface area (Å²) in [5.74, 6) is -0.733. The van der Waals surface area contributed by atoms with Crippen LogP contribution in [0.5, 0.6) is 0 Å². The average Bonchev–Trinajstić information content (AvgIpc) is 2.84. The summed E-state index contributed by atoms with van der Waals surface area (Å²) in [5.41, 5.74) is 0.663. The van der Waals surface area contributed by atoms with E-state index in [1.54, 1.807) is 12.1 Å². The Morgan fingerprint density at radius 3 is 2.75 bits per heavy atom. The van der Waals surface area contributed by atoms with E-state index in [1.165, 1.54) is 6.07 Å². The molecule has 0 fully saturated rings. The molecular weight excluding hydrogens is 299 g/mol. The lowest BCUT2D eigenvalue weighted by atomic mass is 9.90. The van der Waals surface area contributed by atoms with Crippen LogP contribution in [0.4, 0.5) is 4.39 Å². The summed E-state index contributed by atoms with van der Waals surface area (Å²) in [5, 5.41) is 4.04. The monoisotopic (exact) mass is 312 g/mol. The van der Waals surface area contributed by atoms with Crippen LogP contribution in [0.2, 0.25) is 5.02 Å². The van der Waals surface area contributed by atoms with E-state index in [-0.39, 0.29) is 28.2 Å². The van der Waals surface area contributed by atoms with Crippen LogP contribution in [0.3, 0.4) is 0 Å². The van der Waals surface area contributed by atoms with Crippen molar-refractivity contribution in [1.82, 2.24) is 9.59 Å². The molecule has 0 spiro atoms. The highest BCUT2D eigenvalue weighted by Gasteiger charge is 2.26. The Kier molecular flexibility index (Phi) is 4.20. The van der Waals surface area contributed by atoms with E-state index in [4.69, 9.17) is 11.6 Å². The third-order valence-electron chi connectivity index (χ3n) is 2.83. The SMILES string of the molecule is CC(C)(C)c1nnsc1C(=O)Cc1cccc(Cl)c1F. The Labute approximate surface area is 125 Å². The second kappa shape index (κ2) is 5.58. The molecule has 0 aliphatic heterocycles. The maximum Gasteiger partial charge on any atom is 0.180 e. The van der Waals surface area contributed by atoms with Crippen LogP contribution < -0.4 is 0 Å². The van der Waals surface area contributed by atoms with Crippen molar-refractivity contribution in [1.29, 1.82) is 0 Å². The Bertz CT molecular complexity index is 649. The van der Waals surface area contributed by atoms with Gasteiger partial charge in [-0.2, -0.15) is 0 Å². The third kappa shape index (κ3) is 3.04. The Morgan fingerprint density at radius 2 is 2.10 bits per heavy atom. The average molecular weight is 313 g/mol. The minimum Gasteiger partial charge on any atom is -0.293 e. The summed E-state index contributed by atoms with van der Waals surface area (Å²) >= 11 is 6.77. The van der Waals surface area contributed by atoms with Gasteiger partial charge in [0.15, 0.2) is 5.78 Å². The molecule has 0 atom stereocenters. The second-order valence-electron chi connectivity index (χ2n) is 5.51. The third-order valence-corrected chi connectivity index (χ3v) is 3.89. The quantitative estimate of drug-likeness (QED) is 0.803. The number of ketones is 1. The van der Waals surface area contributed by atoms with Crippen LogP contribution in [0.1, 0.15) is 41.7 Å². The van der Waals surface area contributed by atoms with Crippen molar-refractivity contribution in [3.05, 3.63) is 45.2 Å². The van der Waals surface area contributed by atoms with E-state index < -0.39 is 5.82 Å². The van der Waals surface area contributed by atoms with Crippen molar-refractivity contribution in [2.24, 2.45) is 0 Å². The van der Waals surface area contributed by atoms with E-state index in [9.17, 15) is 9.18 Å². The number of Topliss-reactive ketones (excluding diaryl/α,β-unsaturated/α-hetero) is 1. The van der Waals surface area contributed by atoms with Gasteiger partial charge in [0.25, 0.3) is 0 Å². The Hall–Kier alpha value is -1.33. The first-order valence-corrected chi connectivity index (χ1v) is 7.24. The highest BCUT2D eigenvalue weighted by atomic mass is 35.5. The van der Waals surface area contributed by atoms with E-state index >= 15 is 0 Å². The van der Waals surface area contributed by atoms with Crippen molar-refractivity contribution in [3.63, 3.8) is 0 Å². The normalized spacial score (nSPS) is 11.7. The first-order valence-electron chi connectivity index (χ1n) is 6.09. The van der Waals surface area contributed by atoms with Crippen molar-refractivity contribution in [3.8, 4) is 0 Å². The van der Waals surface area contributed by atoms with Crippen LogP contribution in [-0.2, 0) is 11.8 Å². The van der Waals surface area contributed by atoms with E-state index in [0.717, 1.165) is 11.5 Å². The number of rotatable bonds is 3. The fourth-order valence-electron chi connectivity index (χ4n) is 1.80. The lowest BCUT2D eigenvalue weighted by molar-refractivity contribution is 0.0993. The molecular formula is C14H14ClFN2OS. The van der Waals surface area contributed by atoms with Gasteiger partial charge in [0.1, 0.15) is 10.7 Å². The highest BCUT2D eigenvalue weighted by molar-refractivity contribution is 7.08. The van der Waals surface area contributed by atoms with Crippen molar-refractivity contribution in [2.45, 2.75) is 32.6 Å². The minimum absolute atomic E-state index is 0.0220. The molecule has 0 bridgehead atoms. The summed E-state index contributed by atoms with van der Waals surface area (Å²) < 4.78 is 17.7. The van der Waals surface area contributed by atoms with Gasteiger partial charge in [-0.25, -0.2) is 4.39 Å². The molecule has 3 nitrogen and oxygen atoms in total. The largest absolute Gasteiger partial charge is 0.293 e. The van der Waals surface area contributed by atoms with Crippen molar-refractivity contribution in [2.75, 3.05) is 0 Å². The molecule has 0 N–H and O–H groups in total. The Morgan fingerprint density at radius 1 is 1.40 bits per heavy atom. The molecule has 2 rings (SSSR count). The predicted octanol–water partition coefficient (Wildman–Crippen LogP) is 4.05. The predicted molar refractivity (Wildman–Crippen MR) is 78.1 cm³/mol. The fourth-order valence-corrected chi connectivity index (χ4v) is 2.81. The number of carbonyl (C=O) groups is 1. The lowest BCUT2D eigenvalue weighted by Gasteiger charge is -2.16. The number of aromatic nitrogens is 2. The maximum absolute atomic E-state index is 13.8. The van der Waals surface area contributed by atoms with E-state index in [0.29, 0.717) is 10.6 Å². The van der Waals surface area contributed by atoms with Gasteiger partial charge in [-0.1, -0.05) is 49.0 Å². The highest BCUT2D eigenvalue weighted by Crippen LogP contribution is 2.27. The van der Waals surface area contributed by atoms with Gasteiger partial charge >= 0.3 is 0 Å². The van der Waals surface area contributed by atoms with E-state index in [2.05, 4.69) is 9.59 Å². The summed E-state index contributed by atoms with van der Waals surface area (Å²) in [6, 6.07) is 4.65. The zero-order valence-electron chi connectivity index (χ0n) is 11.4. The molecule has 2 aromatic rings. The number of hydrogen-bond acceptors (Lipinski definition) is 4. The van der Waals surface area contributed by atoms with Crippen LogP contribution >= 0.6 is 23.1 Å². The molecule has 20 heavy (non-hydrogen) atoms. The first-order chi connectivity index (χ1) is 9.30. The van der Waals surface area contributed by atoms with Crippen LogP contribution in [0.25, 0.3) is 0 Å². The van der Waals surface area contributed by atoms with Crippen LogP contribution in [0, 0.1) is 5.82 Å². The molecule has 0 aliphatic rings. The van der Waals surface area contributed by atoms with Gasteiger partial charge in [-0.15, -0.1) is 5.10 Å². The van der Waals surface area contributed by atoms with Crippen molar-refractivity contribution < 1.29 is 9.18 Å². The molecule has 0 radical (unpaired) electrons.